The fraction of sp³-hybridized carbons (Fsp3) is 0.278. The van der Waals surface area contributed by atoms with Crippen molar-refractivity contribution in [3.8, 4) is 11.5 Å². The molecule has 4 nitrogen and oxygen atoms in total. The van der Waals surface area contributed by atoms with E-state index in [1.54, 1.807) is 0 Å². The van der Waals surface area contributed by atoms with Gasteiger partial charge in [0, 0.05) is 19.1 Å². The minimum Gasteiger partial charge on any atom is -0.457 e. The number of hydrogen-bond acceptors (Lipinski definition) is 3. The number of amides is 1. The van der Waals surface area contributed by atoms with Crippen LogP contribution in [0, 0.1) is 0 Å². The summed E-state index contributed by atoms with van der Waals surface area (Å²) in [6.07, 6.45) is 1.71. The van der Waals surface area contributed by atoms with Gasteiger partial charge in [0.05, 0.1) is 5.56 Å². The van der Waals surface area contributed by atoms with Crippen LogP contribution in [0.5, 0.6) is 11.5 Å². The Bertz CT molecular complexity index is 635. The van der Waals surface area contributed by atoms with Gasteiger partial charge >= 0.3 is 0 Å². The molecule has 0 saturated carbocycles. The summed E-state index contributed by atoms with van der Waals surface area (Å²) in [5.74, 6) is 1.33. The van der Waals surface area contributed by atoms with E-state index in [2.05, 4.69) is 0 Å². The van der Waals surface area contributed by atoms with E-state index in [0.717, 1.165) is 18.6 Å². The molecule has 0 aromatic heterocycles. The monoisotopic (exact) mass is 296 g/mol. The molecule has 0 bridgehead atoms. The summed E-state index contributed by atoms with van der Waals surface area (Å²) in [5, 5.41) is 0. The van der Waals surface area contributed by atoms with E-state index in [1.807, 2.05) is 59.5 Å². The van der Waals surface area contributed by atoms with Crippen LogP contribution < -0.4 is 10.5 Å². The molecule has 4 heteroatoms. The van der Waals surface area contributed by atoms with Crippen molar-refractivity contribution in [3.63, 3.8) is 0 Å². The molecular weight excluding hydrogens is 276 g/mol. The van der Waals surface area contributed by atoms with Crippen LogP contribution in [0.4, 0.5) is 0 Å². The molecule has 0 aliphatic carbocycles. The van der Waals surface area contributed by atoms with Crippen LogP contribution in [0.25, 0.3) is 0 Å². The summed E-state index contributed by atoms with van der Waals surface area (Å²) in [4.78, 5) is 14.6. The molecule has 1 aliphatic rings. The Balaban J connectivity index is 1.80. The Labute approximate surface area is 130 Å². The second-order valence-electron chi connectivity index (χ2n) is 5.54. The largest absolute Gasteiger partial charge is 0.457 e. The molecule has 0 spiro atoms. The maximum atomic E-state index is 12.7. The zero-order valence-corrected chi connectivity index (χ0v) is 12.4. The molecule has 1 amide bonds. The zero-order chi connectivity index (χ0) is 15.4. The summed E-state index contributed by atoms with van der Waals surface area (Å²) < 4.78 is 5.87. The van der Waals surface area contributed by atoms with Gasteiger partial charge in [-0.2, -0.15) is 0 Å². The lowest BCUT2D eigenvalue weighted by atomic mass is 10.0. The first-order valence-electron chi connectivity index (χ1n) is 7.61. The van der Waals surface area contributed by atoms with Crippen molar-refractivity contribution in [1.82, 2.24) is 4.90 Å². The van der Waals surface area contributed by atoms with Gasteiger partial charge in [0.1, 0.15) is 11.5 Å². The van der Waals surface area contributed by atoms with Gasteiger partial charge in [0.25, 0.3) is 5.91 Å². The van der Waals surface area contributed by atoms with Crippen LogP contribution in [0.1, 0.15) is 23.2 Å². The maximum absolute atomic E-state index is 12.7. The number of carbonyl (C=O) groups is 1. The van der Waals surface area contributed by atoms with Gasteiger partial charge in [-0.15, -0.1) is 0 Å². The number of piperidine rings is 1. The van der Waals surface area contributed by atoms with E-state index < -0.39 is 0 Å². The smallest absolute Gasteiger partial charge is 0.257 e. The summed E-state index contributed by atoms with van der Waals surface area (Å²) in [7, 11) is 0. The van der Waals surface area contributed by atoms with Crippen LogP contribution in [-0.2, 0) is 0 Å². The van der Waals surface area contributed by atoms with Crippen molar-refractivity contribution in [2.45, 2.75) is 18.9 Å². The standard InChI is InChI=1S/C18H20N2O2/c19-14-10-12-20(13-11-14)18(21)16-8-4-5-9-17(16)22-15-6-2-1-3-7-15/h1-9,14H,10-13,19H2. The van der Waals surface area contributed by atoms with Crippen molar-refractivity contribution in [1.29, 1.82) is 0 Å². The Morgan fingerprint density at radius 1 is 1.00 bits per heavy atom. The molecule has 0 atom stereocenters. The predicted molar refractivity (Wildman–Crippen MR) is 86.1 cm³/mol. The van der Waals surface area contributed by atoms with Gasteiger partial charge in [-0.05, 0) is 37.1 Å². The molecule has 0 radical (unpaired) electrons. The van der Waals surface area contributed by atoms with Gasteiger partial charge in [-0.1, -0.05) is 30.3 Å². The number of carbonyl (C=O) groups excluding carboxylic acids is 1. The highest BCUT2D eigenvalue weighted by atomic mass is 16.5. The van der Waals surface area contributed by atoms with E-state index in [-0.39, 0.29) is 11.9 Å². The predicted octanol–water partition coefficient (Wildman–Crippen LogP) is 3.04. The highest BCUT2D eigenvalue weighted by molar-refractivity contribution is 5.97. The first kappa shape index (κ1) is 14.6. The fourth-order valence-electron chi connectivity index (χ4n) is 2.62. The first-order chi connectivity index (χ1) is 10.7. The molecule has 1 fully saturated rings. The maximum Gasteiger partial charge on any atom is 0.257 e. The molecule has 2 N–H and O–H groups in total. The van der Waals surface area contributed by atoms with Gasteiger partial charge in [0.15, 0.2) is 0 Å². The lowest BCUT2D eigenvalue weighted by molar-refractivity contribution is 0.0712. The van der Waals surface area contributed by atoms with E-state index >= 15 is 0 Å². The molecule has 1 saturated heterocycles. The third-order valence-corrected chi connectivity index (χ3v) is 3.92. The summed E-state index contributed by atoms with van der Waals surface area (Å²) in [5.41, 5.74) is 6.50. The van der Waals surface area contributed by atoms with E-state index in [4.69, 9.17) is 10.5 Å². The Kier molecular flexibility index (Phi) is 4.39. The number of hydrogen-bond donors (Lipinski definition) is 1. The van der Waals surface area contributed by atoms with Gasteiger partial charge < -0.3 is 15.4 Å². The van der Waals surface area contributed by atoms with Crippen LogP contribution >= 0.6 is 0 Å². The molecule has 1 aliphatic heterocycles. The lowest BCUT2D eigenvalue weighted by Gasteiger charge is -2.30. The highest BCUT2D eigenvalue weighted by Gasteiger charge is 2.23. The van der Waals surface area contributed by atoms with Crippen LogP contribution in [0.2, 0.25) is 0 Å². The molecule has 2 aromatic carbocycles. The fourth-order valence-corrected chi connectivity index (χ4v) is 2.62. The SMILES string of the molecule is NC1CCN(C(=O)c2ccccc2Oc2ccccc2)CC1. The molecule has 0 unspecified atom stereocenters. The Morgan fingerprint density at radius 2 is 1.64 bits per heavy atom. The Morgan fingerprint density at radius 3 is 2.36 bits per heavy atom. The summed E-state index contributed by atoms with van der Waals surface area (Å²) in [6, 6.07) is 17.1. The van der Waals surface area contributed by atoms with Crippen molar-refractivity contribution >= 4 is 5.91 Å². The number of rotatable bonds is 3. The quantitative estimate of drug-likeness (QED) is 0.947. The lowest BCUT2D eigenvalue weighted by Crippen LogP contribution is -2.42. The molecule has 1 heterocycles. The van der Waals surface area contributed by atoms with E-state index in [9.17, 15) is 4.79 Å². The molecule has 3 rings (SSSR count). The average molecular weight is 296 g/mol. The molecule has 114 valence electrons. The molecular formula is C18H20N2O2. The Hall–Kier alpha value is -2.33. The topological polar surface area (TPSA) is 55.6 Å². The molecule has 2 aromatic rings. The second kappa shape index (κ2) is 6.62. The third kappa shape index (κ3) is 3.28. The van der Waals surface area contributed by atoms with E-state index in [1.165, 1.54) is 0 Å². The number of benzene rings is 2. The summed E-state index contributed by atoms with van der Waals surface area (Å²) in [6.45, 7) is 1.42. The minimum atomic E-state index is 0.0124. The zero-order valence-electron chi connectivity index (χ0n) is 12.4. The number of nitrogens with two attached hydrogens (primary N) is 1. The summed E-state index contributed by atoms with van der Waals surface area (Å²) >= 11 is 0. The average Bonchev–Trinajstić information content (AvgIpc) is 2.56. The highest BCUT2D eigenvalue weighted by Crippen LogP contribution is 2.26. The third-order valence-electron chi connectivity index (χ3n) is 3.92. The number of para-hydroxylation sites is 2. The minimum absolute atomic E-state index is 0.0124. The normalized spacial score (nSPS) is 15.6. The number of ether oxygens (including phenoxy) is 1. The number of likely N-dealkylation sites (tertiary alicyclic amines) is 1. The second-order valence-corrected chi connectivity index (χ2v) is 5.54. The van der Waals surface area contributed by atoms with Gasteiger partial charge in [0.2, 0.25) is 0 Å². The van der Waals surface area contributed by atoms with E-state index in [0.29, 0.717) is 24.4 Å². The van der Waals surface area contributed by atoms with Crippen molar-refractivity contribution in [3.05, 3.63) is 60.2 Å². The van der Waals surface area contributed by atoms with Crippen molar-refractivity contribution in [2.24, 2.45) is 5.73 Å². The van der Waals surface area contributed by atoms with Crippen LogP contribution in [0.3, 0.4) is 0 Å². The van der Waals surface area contributed by atoms with Gasteiger partial charge in [-0.3, -0.25) is 4.79 Å². The van der Waals surface area contributed by atoms with Crippen LogP contribution in [-0.4, -0.2) is 29.9 Å². The van der Waals surface area contributed by atoms with Crippen molar-refractivity contribution < 1.29 is 9.53 Å². The van der Waals surface area contributed by atoms with Crippen LogP contribution in [0.15, 0.2) is 54.6 Å². The molecule has 22 heavy (non-hydrogen) atoms. The van der Waals surface area contributed by atoms with Gasteiger partial charge in [-0.25, -0.2) is 0 Å². The number of nitrogens with zero attached hydrogens (tertiary/aromatic N) is 1. The first-order valence-corrected chi connectivity index (χ1v) is 7.61. The van der Waals surface area contributed by atoms with Crippen molar-refractivity contribution in [2.75, 3.05) is 13.1 Å².